The van der Waals surface area contributed by atoms with E-state index in [9.17, 15) is 20.0 Å². The summed E-state index contributed by atoms with van der Waals surface area (Å²) in [5, 5.41) is 23.9. The van der Waals surface area contributed by atoms with Gasteiger partial charge in [0.25, 0.3) is 11.2 Å². The van der Waals surface area contributed by atoms with Crippen LogP contribution >= 0.6 is 0 Å². The Hall–Kier alpha value is -3.68. The molecule has 8 nitrogen and oxygen atoms in total. The quantitative estimate of drug-likeness (QED) is 0.426. The smallest absolute Gasteiger partial charge is 0.298 e. The van der Waals surface area contributed by atoms with Crippen molar-refractivity contribution in [3.05, 3.63) is 79.8 Å². The molecule has 0 radical (unpaired) electrons. The van der Waals surface area contributed by atoms with E-state index in [0.29, 0.717) is 11.4 Å². The predicted octanol–water partition coefficient (Wildman–Crippen LogP) is 3.15. The van der Waals surface area contributed by atoms with Crippen molar-refractivity contribution in [2.24, 2.45) is 4.99 Å². The van der Waals surface area contributed by atoms with Crippen LogP contribution in [0.25, 0.3) is 5.69 Å². The number of hydrogen-bond acceptors (Lipinski definition) is 5. The first-order valence-corrected chi connectivity index (χ1v) is 7.77. The van der Waals surface area contributed by atoms with E-state index in [4.69, 9.17) is 0 Å². The number of nitrogens with zero attached hydrogens (tertiary/aromatic N) is 3. The molecule has 3 rings (SSSR count). The molecule has 0 amide bonds. The van der Waals surface area contributed by atoms with Crippen LogP contribution in [0, 0.1) is 24.0 Å². The Morgan fingerprint density at radius 1 is 1.19 bits per heavy atom. The van der Waals surface area contributed by atoms with E-state index in [-0.39, 0.29) is 28.2 Å². The predicted molar refractivity (Wildman–Crippen MR) is 97.9 cm³/mol. The lowest BCUT2D eigenvalue weighted by molar-refractivity contribution is -0.384. The molecule has 0 aliphatic carbocycles. The Morgan fingerprint density at radius 2 is 1.88 bits per heavy atom. The molecule has 0 fully saturated rings. The van der Waals surface area contributed by atoms with Gasteiger partial charge in [0.1, 0.15) is 5.75 Å². The van der Waals surface area contributed by atoms with Crippen LogP contribution in [-0.4, -0.2) is 26.0 Å². The highest BCUT2D eigenvalue weighted by molar-refractivity contribution is 5.85. The van der Waals surface area contributed by atoms with Crippen molar-refractivity contribution in [3.63, 3.8) is 0 Å². The third kappa shape index (κ3) is 3.12. The number of aromatic hydroxyl groups is 1. The number of aromatic nitrogens is 2. The fraction of sp³-hybridized carbons (Fsp3) is 0.111. The lowest BCUT2D eigenvalue weighted by atomic mass is 10.2. The molecule has 2 N–H and O–H groups in total. The summed E-state index contributed by atoms with van der Waals surface area (Å²) in [6, 6.07) is 11.3. The van der Waals surface area contributed by atoms with Crippen LogP contribution in [0.5, 0.6) is 5.75 Å². The zero-order valence-corrected chi connectivity index (χ0v) is 14.1. The van der Waals surface area contributed by atoms with Crippen molar-refractivity contribution in [1.29, 1.82) is 0 Å². The number of nitro benzene ring substituents is 1. The summed E-state index contributed by atoms with van der Waals surface area (Å²) in [5.74, 6) is -0.331. The molecule has 3 aromatic rings. The standard InChI is InChI=1S/C18H16N4O4/c1-11-6-8-13(9-7-11)21-18(24)14(12(2)20-21)10-19-17-15(22(25)26)4-3-5-16(17)23/h3-10,20,23H,1-2H3. The maximum absolute atomic E-state index is 12.6. The average Bonchev–Trinajstić information content (AvgIpc) is 2.88. The number of H-pyrrole nitrogens is 1. The number of phenols is 1. The van der Waals surface area contributed by atoms with Gasteiger partial charge in [0.15, 0.2) is 5.69 Å². The third-order valence-corrected chi connectivity index (χ3v) is 3.92. The number of benzene rings is 2. The van der Waals surface area contributed by atoms with Crippen LogP contribution in [0.2, 0.25) is 0 Å². The number of aryl methyl sites for hydroxylation is 2. The Kier molecular flexibility index (Phi) is 4.40. The average molecular weight is 352 g/mol. The van der Waals surface area contributed by atoms with Crippen molar-refractivity contribution in [1.82, 2.24) is 9.78 Å². The number of hydrogen-bond donors (Lipinski definition) is 2. The van der Waals surface area contributed by atoms with E-state index < -0.39 is 4.92 Å². The third-order valence-electron chi connectivity index (χ3n) is 3.92. The first-order chi connectivity index (χ1) is 12.4. The number of nitrogens with one attached hydrogen (secondary N) is 1. The van der Waals surface area contributed by atoms with Gasteiger partial charge in [0.2, 0.25) is 0 Å². The summed E-state index contributed by atoms with van der Waals surface area (Å²) in [4.78, 5) is 27.1. The molecule has 0 saturated carbocycles. The SMILES string of the molecule is Cc1ccc(-n2[nH]c(C)c(C=Nc3c(O)cccc3[N+](=O)[O-])c2=O)cc1. The van der Waals surface area contributed by atoms with Crippen molar-refractivity contribution < 1.29 is 10.0 Å². The van der Waals surface area contributed by atoms with Crippen LogP contribution in [0.4, 0.5) is 11.4 Å². The number of phenolic OH excluding ortho intramolecular Hbond substituents is 1. The number of aromatic amines is 1. The maximum atomic E-state index is 12.6. The van der Waals surface area contributed by atoms with Gasteiger partial charge in [-0.05, 0) is 32.0 Å². The minimum Gasteiger partial charge on any atom is -0.505 e. The topological polar surface area (TPSA) is 114 Å². The van der Waals surface area contributed by atoms with Crippen molar-refractivity contribution in [2.75, 3.05) is 0 Å². The van der Waals surface area contributed by atoms with Crippen molar-refractivity contribution in [3.8, 4) is 11.4 Å². The molecule has 132 valence electrons. The van der Waals surface area contributed by atoms with Crippen LogP contribution in [0.1, 0.15) is 16.8 Å². The summed E-state index contributed by atoms with van der Waals surface area (Å²) in [5.41, 5.74) is 1.66. The Balaban J connectivity index is 2.05. The molecule has 2 aromatic carbocycles. The van der Waals surface area contributed by atoms with Gasteiger partial charge in [-0.3, -0.25) is 20.0 Å². The Bertz CT molecular complexity index is 1060. The molecule has 0 saturated heterocycles. The van der Waals surface area contributed by atoms with Crippen LogP contribution < -0.4 is 5.56 Å². The second-order valence-corrected chi connectivity index (χ2v) is 5.79. The largest absolute Gasteiger partial charge is 0.505 e. The first-order valence-electron chi connectivity index (χ1n) is 7.77. The molecule has 0 aliphatic heterocycles. The van der Waals surface area contributed by atoms with Gasteiger partial charge >= 0.3 is 0 Å². The zero-order chi connectivity index (χ0) is 18.8. The second kappa shape index (κ2) is 6.67. The van der Waals surface area contributed by atoms with E-state index >= 15 is 0 Å². The molecular formula is C18H16N4O4. The first kappa shape index (κ1) is 17.2. The van der Waals surface area contributed by atoms with Crippen molar-refractivity contribution >= 4 is 17.6 Å². The molecular weight excluding hydrogens is 336 g/mol. The minimum atomic E-state index is -0.638. The van der Waals surface area contributed by atoms with Crippen LogP contribution in [0.3, 0.4) is 0 Å². The van der Waals surface area contributed by atoms with E-state index in [1.165, 1.54) is 29.1 Å². The number of rotatable bonds is 4. The fourth-order valence-electron chi connectivity index (χ4n) is 2.52. The molecule has 0 atom stereocenters. The lowest BCUT2D eigenvalue weighted by Gasteiger charge is -2.01. The molecule has 1 aromatic heterocycles. The summed E-state index contributed by atoms with van der Waals surface area (Å²) >= 11 is 0. The molecule has 0 spiro atoms. The highest BCUT2D eigenvalue weighted by atomic mass is 16.6. The van der Waals surface area contributed by atoms with E-state index in [2.05, 4.69) is 10.1 Å². The van der Waals surface area contributed by atoms with Gasteiger partial charge in [0.05, 0.1) is 16.2 Å². The summed E-state index contributed by atoms with van der Waals surface area (Å²) in [7, 11) is 0. The van der Waals surface area contributed by atoms with Gasteiger partial charge < -0.3 is 5.11 Å². The van der Waals surface area contributed by atoms with Gasteiger partial charge in [-0.1, -0.05) is 23.8 Å². The zero-order valence-electron chi connectivity index (χ0n) is 14.1. The molecule has 1 heterocycles. The van der Waals surface area contributed by atoms with E-state index in [0.717, 1.165) is 5.56 Å². The summed E-state index contributed by atoms with van der Waals surface area (Å²) < 4.78 is 1.37. The van der Waals surface area contributed by atoms with Crippen LogP contribution in [-0.2, 0) is 0 Å². The Labute approximate surface area is 148 Å². The second-order valence-electron chi connectivity index (χ2n) is 5.79. The Morgan fingerprint density at radius 3 is 2.54 bits per heavy atom. The van der Waals surface area contributed by atoms with Gasteiger partial charge in [0, 0.05) is 18.0 Å². The fourth-order valence-corrected chi connectivity index (χ4v) is 2.52. The van der Waals surface area contributed by atoms with E-state index in [1.807, 2.05) is 31.2 Å². The molecule has 0 bridgehead atoms. The molecule has 8 heteroatoms. The molecule has 0 unspecified atom stereocenters. The summed E-state index contributed by atoms with van der Waals surface area (Å²) in [6.45, 7) is 3.65. The van der Waals surface area contributed by atoms with Gasteiger partial charge in [-0.15, -0.1) is 0 Å². The number of para-hydroxylation sites is 1. The number of aliphatic imine (C=N–C) groups is 1. The maximum Gasteiger partial charge on any atom is 0.298 e. The summed E-state index contributed by atoms with van der Waals surface area (Å²) in [6.07, 6.45) is 1.22. The highest BCUT2D eigenvalue weighted by Crippen LogP contribution is 2.35. The molecule has 0 aliphatic rings. The normalized spacial score (nSPS) is 11.2. The van der Waals surface area contributed by atoms with Crippen molar-refractivity contribution in [2.45, 2.75) is 13.8 Å². The monoisotopic (exact) mass is 352 g/mol. The number of nitro groups is 1. The lowest BCUT2D eigenvalue weighted by Crippen LogP contribution is -2.17. The molecule has 26 heavy (non-hydrogen) atoms. The van der Waals surface area contributed by atoms with Gasteiger partial charge in [-0.25, -0.2) is 9.67 Å². The highest BCUT2D eigenvalue weighted by Gasteiger charge is 2.17. The van der Waals surface area contributed by atoms with E-state index in [1.54, 1.807) is 6.92 Å². The van der Waals surface area contributed by atoms with Gasteiger partial charge in [-0.2, -0.15) is 0 Å². The van der Waals surface area contributed by atoms with Crippen LogP contribution in [0.15, 0.2) is 52.3 Å². The minimum absolute atomic E-state index is 0.195.